The third-order valence-electron chi connectivity index (χ3n) is 2.83. The van der Waals surface area contributed by atoms with Crippen LogP contribution in [0.5, 0.6) is 0 Å². The maximum atomic E-state index is 5.49. The topological polar surface area (TPSA) is 90.7 Å². The van der Waals surface area contributed by atoms with Crippen LogP contribution >= 0.6 is 0 Å². The Hall–Kier alpha value is -2.17. The highest BCUT2D eigenvalue weighted by Gasteiger charge is 1.98. The van der Waals surface area contributed by atoms with Gasteiger partial charge >= 0.3 is 0 Å². The van der Waals surface area contributed by atoms with E-state index in [1.807, 2.05) is 12.1 Å². The second-order valence-electron chi connectivity index (χ2n) is 5.20. The lowest BCUT2D eigenvalue weighted by molar-refractivity contribution is 0.848. The first-order valence-corrected chi connectivity index (χ1v) is 6.69. The molecule has 2 aromatic heterocycles. The molecule has 2 rings (SSSR count). The van der Waals surface area contributed by atoms with E-state index in [-0.39, 0.29) is 0 Å². The summed E-state index contributed by atoms with van der Waals surface area (Å²) in [6.07, 6.45) is 5.25. The lowest BCUT2D eigenvalue weighted by Gasteiger charge is -2.03. The smallest absolute Gasteiger partial charge is 0.219 e. The molecule has 0 saturated heterocycles. The molecule has 0 atom stereocenters. The summed E-state index contributed by atoms with van der Waals surface area (Å²) in [4.78, 5) is 11.6. The lowest BCUT2D eigenvalue weighted by atomic mass is 10.1. The molecule has 0 aromatic carbocycles. The molecule has 2 aromatic rings. The van der Waals surface area contributed by atoms with Crippen LogP contribution in [0.15, 0.2) is 30.7 Å². The molecule has 0 aliphatic heterocycles. The van der Waals surface area contributed by atoms with E-state index in [1.165, 1.54) is 5.56 Å². The molecule has 2 heterocycles. The molecule has 0 amide bonds. The first-order chi connectivity index (χ1) is 9.40. The van der Waals surface area contributed by atoms with Gasteiger partial charge < -0.3 is 11.5 Å². The summed E-state index contributed by atoms with van der Waals surface area (Å²) >= 11 is 0. The van der Waals surface area contributed by atoms with Crippen molar-refractivity contribution in [3.8, 4) is 0 Å². The molecule has 0 saturated carbocycles. The predicted octanol–water partition coefficient (Wildman–Crippen LogP) is 2.97. The number of hydrogen-bond acceptors (Lipinski definition) is 5. The van der Waals surface area contributed by atoms with Gasteiger partial charge in [-0.15, -0.1) is 0 Å². The Morgan fingerprint density at radius 1 is 0.850 bits per heavy atom. The zero-order valence-electron chi connectivity index (χ0n) is 12.5. The fourth-order valence-electron chi connectivity index (χ4n) is 1.47. The van der Waals surface area contributed by atoms with Gasteiger partial charge in [-0.3, -0.25) is 0 Å². The van der Waals surface area contributed by atoms with E-state index in [4.69, 9.17) is 11.5 Å². The van der Waals surface area contributed by atoms with Gasteiger partial charge in [-0.05, 0) is 35.1 Å². The van der Waals surface area contributed by atoms with Crippen molar-refractivity contribution in [2.45, 2.75) is 39.5 Å². The van der Waals surface area contributed by atoms with Crippen molar-refractivity contribution in [2.75, 3.05) is 11.5 Å². The van der Waals surface area contributed by atoms with Crippen molar-refractivity contribution >= 4 is 11.8 Å². The summed E-state index contributed by atoms with van der Waals surface area (Å²) in [6.45, 7) is 8.45. The second kappa shape index (κ2) is 7.43. The van der Waals surface area contributed by atoms with Crippen molar-refractivity contribution in [3.63, 3.8) is 0 Å². The van der Waals surface area contributed by atoms with Crippen LogP contribution in [-0.4, -0.2) is 15.0 Å². The van der Waals surface area contributed by atoms with Crippen LogP contribution < -0.4 is 11.5 Å². The van der Waals surface area contributed by atoms with E-state index < -0.39 is 0 Å². The molecule has 0 spiro atoms. The molecule has 0 aliphatic rings. The van der Waals surface area contributed by atoms with Crippen molar-refractivity contribution < 1.29 is 0 Å². The third kappa shape index (κ3) is 5.22. The quantitative estimate of drug-likeness (QED) is 0.877. The molecule has 20 heavy (non-hydrogen) atoms. The van der Waals surface area contributed by atoms with Crippen molar-refractivity contribution in [2.24, 2.45) is 0 Å². The molecule has 0 fully saturated rings. The fraction of sp³-hybridized carbons (Fsp3) is 0.400. The minimum Gasteiger partial charge on any atom is -0.384 e. The Morgan fingerprint density at radius 3 is 1.80 bits per heavy atom. The molecule has 0 radical (unpaired) electrons. The Bertz CT molecular complexity index is 520. The van der Waals surface area contributed by atoms with Crippen molar-refractivity contribution in [1.29, 1.82) is 0 Å². The summed E-state index contributed by atoms with van der Waals surface area (Å²) < 4.78 is 0. The third-order valence-corrected chi connectivity index (χ3v) is 2.83. The minimum absolute atomic E-state index is 0.337. The van der Waals surface area contributed by atoms with Gasteiger partial charge in [0, 0.05) is 18.6 Å². The van der Waals surface area contributed by atoms with Gasteiger partial charge in [0.2, 0.25) is 5.95 Å². The zero-order chi connectivity index (χ0) is 15.1. The average molecular weight is 273 g/mol. The molecule has 0 unspecified atom stereocenters. The normalized spacial score (nSPS) is 10.3. The van der Waals surface area contributed by atoms with Crippen LogP contribution in [0.3, 0.4) is 0 Å². The van der Waals surface area contributed by atoms with Gasteiger partial charge in [-0.1, -0.05) is 27.7 Å². The van der Waals surface area contributed by atoms with Gasteiger partial charge in [0.25, 0.3) is 0 Å². The molecular formula is C15H23N5. The number of anilines is 2. The fourth-order valence-corrected chi connectivity index (χ4v) is 1.47. The molecular weight excluding hydrogens is 250 g/mol. The first kappa shape index (κ1) is 15.9. The number of nitrogen functional groups attached to an aromatic ring is 2. The summed E-state index contributed by atoms with van der Waals surface area (Å²) in [5.41, 5.74) is 13.2. The van der Waals surface area contributed by atoms with Crippen LogP contribution in [0.25, 0.3) is 0 Å². The van der Waals surface area contributed by atoms with Gasteiger partial charge in [-0.2, -0.15) is 0 Å². The summed E-state index contributed by atoms with van der Waals surface area (Å²) in [6, 6.07) is 3.89. The van der Waals surface area contributed by atoms with Crippen molar-refractivity contribution in [1.82, 2.24) is 15.0 Å². The SMILES string of the molecule is CC(C)c1ccnc(N)c1.CC(C)c1cnc(N)nc1. The minimum atomic E-state index is 0.337. The molecule has 5 nitrogen and oxygen atoms in total. The number of rotatable bonds is 2. The van der Waals surface area contributed by atoms with Crippen molar-refractivity contribution in [3.05, 3.63) is 41.9 Å². The summed E-state index contributed by atoms with van der Waals surface area (Å²) in [5.74, 6) is 1.95. The Morgan fingerprint density at radius 2 is 1.40 bits per heavy atom. The summed E-state index contributed by atoms with van der Waals surface area (Å²) in [5, 5.41) is 0. The van der Waals surface area contributed by atoms with E-state index in [0.717, 1.165) is 5.56 Å². The number of nitrogens with two attached hydrogens (primary N) is 2. The van der Waals surface area contributed by atoms with Crippen LogP contribution in [0.4, 0.5) is 11.8 Å². The second-order valence-corrected chi connectivity index (χ2v) is 5.20. The monoisotopic (exact) mass is 273 g/mol. The first-order valence-electron chi connectivity index (χ1n) is 6.69. The number of hydrogen-bond donors (Lipinski definition) is 2. The zero-order valence-corrected chi connectivity index (χ0v) is 12.5. The van der Waals surface area contributed by atoms with Gasteiger partial charge in [0.1, 0.15) is 5.82 Å². The van der Waals surface area contributed by atoms with Gasteiger partial charge in [0.05, 0.1) is 0 Å². The largest absolute Gasteiger partial charge is 0.384 e. The Kier molecular flexibility index (Phi) is 5.90. The standard InChI is InChI=1S/C8H12N2.C7H11N3/c1-6(2)7-3-4-10-8(9)5-7;1-5(2)6-3-9-7(8)10-4-6/h3-6H,1-2H3,(H2,9,10);3-5H,1-2H3,(H2,8,9,10). The number of aromatic nitrogens is 3. The average Bonchev–Trinajstić information content (AvgIpc) is 2.40. The lowest BCUT2D eigenvalue weighted by Crippen LogP contribution is -1.96. The van der Waals surface area contributed by atoms with Crippen LogP contribution in [-0.2, 0) is 0 Å². The molecule has 108 valence electrons. The maximum absolute atomic E-state index is 5.49. The number of pyridine rings is 1. The summed E-state index contributed by atoms with van der Waals surface area (Å²) in [7, 11) is 0. The predicted molar refractivity (Wildman–Crippen MR) is 83.3 cm³/mol. The molecule has 5 heteroatoms. The Labute approximate surface area is 120 Å². The highest BCUT2D eigenvalue weighted by molar-refractivity contribution is 5.33. The van der Waals surface area contributed by atoms with E-state index in [9.17, 15) is 0 Å². The van der Waals surface area contributed by atoms with Crippen LogP contribution in [0, 0.1) is 0 Å². The van der Waals surface area contributed by atoms with Crippen LogP contribution in [0.1, 0.15) is 50.7 Å². The van der Waals surface area contributed by atoms with E-state index >= 15 is 0 Å². The number of nitrogens with zero attached hydrogens (tertiary/aromatic N) is 3. The highest BCUT2D eigenvalue weighted by atomic mass is 15.0. The Balaban J connectivity index is 0.000000200. The molecule has 0 aliphatic carbocycles. The van der Waals surface area contributed by atoms with E-state index in [1.54, 1.807) is 18.6 Å². The molecule has 4 N–H and O–H groups in total. The highest BCUT2D eigenvalue weighted by Crippen LogP contribution is 2.14. The van der Waals surface area contributed by atoms with Gasteiger partial charge in [-0.25, -0.2) is 15.0 Å². The van der Waals surface area contributed by atoms with Gasteiger partial charge in [0.15, 0.2) is 0 Å². The van der Waals surface area contributed by atoms with Crippen LogP contribution in [0.2, 0.25) is 0 Å². The van der Waals surface area contributed by atoms with E-state index in [0.29, 0.717) is 23.6 Å². The molecule has 0 bridgehead atoms. The maximum Gasteiger partial charge on any atom is 0.219 e. The van der Waals surface area contributed by atoms with E-state index in [2.05, 4.69) is 42.6 Å².